The van der Waals surface area contributed by atoms with Crippen molar-refractivity contribution in [3.63, 3.8) is 0 Å². The second kappa shape index (κ2) is 8.19. The van der Waals surface area contributed by atoms with E-state index in [1.165, 1.54) is 11.3 Å². The van der Waals surface area contributed by atoms with E-state index in [9.17, 15) is 14.4 Å². The van der Waals surface area contributed by atoms with Crippen molar-refractivity contribution in [2.45, 2.75) is 12.5 Å². The van der Waals surface area contributed by atoms with E-state index in [2.05, 4.69) is 15.6 Å². The number of rotatable bonds is 6. The number of nitrogens with one attached hydrogen (secondary N) is 2. The molecule has 8 nitrogen and oxygen atoms in total. The van der Waals surface area contributed by atoms with Gasteiger partial charge in [-0.2, -0.15) is 0 Å². The molecule has 3 aromatic rings. The summed E-state index contributed by atoms with van der Waals surface area (Å²) in [6.07, 6.45) is 0. The lowest BCUT2D eigenvalue weighted by molar-refractivity contribution is -0.133. The Morgan fingerprint density at radius 1 is 1.16 bits per heavy atom. The molecule has 2 aromatic carbocycles. The Morgan fingerprint density at radius 3 is 2.55 bits per heavy atom. The first-order valence-corrected chi connectivity index (χ1v) is 10.4. The third-order valence-electron chi connectivity index (χ3n) is 5.06. The maximum Gasteiger partial charge on any atom is 0.325 e. The highest BCUT2D eigenvalue weighted by Gasteiger charge is 2.49. The Kier molecular flexibility index (Phi) is 5.43. The van der Waals surface area contributed by atoms with E-state index < -0.39 is 29.9 Å². The molecule has 0 spiro atoms. The lowest BCUT2D eigenvalue weighted by atomic mass is 9.92. The fourth-order valence-corrected chi connectivity index (χ4v) is 4.07. The first-order chi connectivity index (χ1) is 14.9. The van der Waals surface area contributed by atoms with E-state index in [0.717, 1.165) is 16.2 Å². The molecule has 2 N–H and O–H groups in total. The van der Waals surface area contributed by atoms with Crippen molar-refractivity contribution in [3.05, 3.63) is 65.5 Å². The van der Waals surface area contributed by atoms with Crippen LogP contribution in [0.5, 0.6) is 5.75 Å². The van der Waals surface area contributed by atoms with E-state index in [1.807, 2.05) is 35.7 Å². The fourth-order valence-electron chi connectivity index (χ4n) is 3.34. The van der Waals surface area contributed by atoms with Gasteiger partial charge in [0, 0.05) is 10.9 Å². The summed E-state index contributed by atoms with van der Waals surface area (Å²) >= 11 is 1.26. The van der Waals surface area contributed by atoms with Gasteiger partial charge in [0.25, 0.3) is 5.91 Å². The standard InChI is InChI=1S/C22H20N4O4S/c1-22(15-6-4-3-5-7-15)19(28)26(21(29)25-22)12-18(27)24-20-23-17(13-31-20)14-8-10-16(30-2)11-9-14/h3-11,13H,12H2,1-2H3,(H,25,29)(H,23,24,27). The van der Waals surface area contributed by atoms with E-state index in [-0.39, 0.29) is 0 Å². The number of aromatic nitrogens is 1. The molecule has 1 unspecified atom stereocenters. The lowest BCUT2D eigenvalue weighted by Crippen LogP contribution is -2.42. The van der Waals surface area contributed by atoms with Crippen LogP contribution in [0.1, 0.15) is 12.5 Å². The monoisotopic (exact) mass is 436 g/mol. The largest absolute Gasteiger partial charge is 0.497 e. The summed E-state index contributed by atoms with van der Waals surface area (Å²) in [6, 6.07) is 15.7. The minimum Gasteiger partial charge on any atom is -0.497 e. The number of thiazole rings is 1. The maximum absolute atomic E-state index is 12.9. The molecule has 0 radical (unpaired) electrons. The maximum atomic E-state index is 12.9. The Bertz CT molecular complexity index is 1130. The molecular weight excluding hydrogens is 416 g/mol. The van der Waals surface area contributed by atoms with Gasteiger partial charge in [-0.25, -0.2) is 9.78 Å². The summed E-state index contributed by atoms with van der Waals surface area (Å²) in [5, 5.41) is 7.54. The molecule has 0 saturated carbocycles. The predicted octanol–water partition coefficient (Wildman–Crippen LogP) is 3.22. The van der Waals surface area contributed by atoms with Gasteiger partial charge in [0.1, 0.15) is 17.8 Å². The van der Waals surface area contributed by atoms with Gasteiger partial charge in [0.2, 0.25) is 5.91 Å². The Balaban J connectivity index is 1.43. The molecule has 1 saturated heterocycles. The second-order valence-corrected chi connectivity index (χ2v) is 7.99. The number of carbonyl (C=O) groups excluding carboxylic acids is 3. The number of carbonyl (C=O) groups is 3. The minimum absolute atomic E-state index is 0.383. The summed E-state index contributed by atoms with van der Waals surface area (Å²) in [5.41, 5.74) is 1.03. The van der Waals surface area contributed by atoms with Gasteiger partial charge in [-0.1, -0.05) is 30.3 Å². The van der Waals surface area contributed by atoms with Crippen LogP contribution in [0.25, 0.3) is 11.3 Å². The zero-order valence-corrected chi connectivity index (χ0v) is 17.7. The van der Waals surface area contributed by atoms with Gasteiger partial charge in [-0.15, -0.1) is 11.3 Å². The van der Waals surface area contributed by atoms with E-state index in [1.54, 1.807) is 38.3 Å². The van der Waals surface area contributed by atoms with Crippen LogP contribution in [0.2, 0.25) is 0 Å². The molecule has 0 aliphatic carbocycles. The van der Waals surface area contributed by atoms with Crippen molar-refractivity contribution in [2.24, 2.45) is 0 Å². The van der Waals surface area contributed by atoms with Crippen molar-refractivity contribution in [2.75, 3.05) is 19.0 Å². The van der Waals surface area contributed by atoms with Gasteiger partial charge in [-0.3, -0.25) is 14.5 Å². The van der Waals surface area contributed by atoms with Crippen molar-refractivity contribution in [3.8, 4) is 17.0 Å². The number of ether oxygens (including phenoxy) is 1. The van der Waals surface area contributed by atoms with Gasteiger partial charge in [-0.05, 0) is 36.8 Å². The highest BCUT2D eigenvalue weighted by molar-refractivity contribution is 7.14. The average molecular weight is 436 g/mol. The van der Waals surface area contributed by atoms with Gasteiger partial charge in [0.15, 0.2) is 5.13 Å². The number of nitrogens with zero attached hydrogens (tertiary/aromatic N) is 2. The number of imide groups is 1. The molecule has 1 aliphatic rings. The first-order valence-electron chi connectivity index (χ1n) is 9.50. The van der Waals surface area contributed by atoms with E-state index >= 15 is 0 Å². The van der Waals surface area contributed by atoms with Crippen LogP contribution < -0.4 is 15.4 Å². The van der Waals surface area contributed by atoms with Crippen LogP contribution in [-0.4, -0.2) is 41.4 Å². The lowest BCUT2D eigenvalue weighted by Gasteiger charge is -2.21. The summed E-state index contributed by atoms with van der Waals surface area (Å²) in [4.78, 5) is 43.1. The normalized spacial score (nSPS) is 18.1. The molecule has 9 heteroatoms. The van der Waals surface area contributed by atoms with E-state index in [0.29, 0.717) is 16.4 Å². The number of methoxy groups -OCH3 is 1. The molecule has 1 fully saturated rings. The quantitative estimate of drug-likeness (QED) is 0.578. The Morgan fingerprint density at radius 2 is 1.87 bits per heavy atom. The number of benzene rings is 2. The fraction of sp³-hybridized carbons (Fsp3) is 0.182. The van der Waals surface area contributed by atoms with Gasteiger partial charge >= 0.3 is 6.03 Å². The van der Waals surface area contributed by atoms with Crippen LogP contribution in [0.4, 0.5) is 9.93 Å². The highest BCUT2D eigenvalue weighted by Crippen LogP contribution is 2.29. The third-order valence-corrected chi connectivity index (χ3v) is 5.82. The molecule has 1 aliphatic heterocycles. The number of urea groups is 1. The van der Waals surface area contributed by atoms with Crippen LogP contribution in [0.3, 0.4) is 0 Å². The first kappa shape index (κ1) is 20.5. The number of anilines is 1. The Hall–Kier alpha value is -3.72. The number of amides is 4. The molecule has 31 heavy (non-hydrogen) atoms. The van der Waals surface area contributed by atoms with E-state index in [4.69, 9.17) is 4.74 Å². The summed E-state index contributed by atoms with van der Waals surface area (Å²) in [5.74, 6) is -0.239. The zero-order valence-electron chi connectivity index (χ0n) is 16.9. The average Bonchev–Trinajstić information content (AvgIpc) is 3.33. The van der Waals surface area contributed by atoms with Gasteiger partial charge < -0.3 is 15.4 Å². The van der Waals surface area contributed by atoms with Crippen molar-refractivity contribution < 1.29 is 19.1 Å². The SMILES string of the molecule is COc1ccc(-c2csc(NC(=O)CN3C(=O)NC(C)(c4ccccc4)C3=O)n2)cc1. The Labute approximate surface area is 182 Å². The molecular formula is C22H20N4O4S. The van der Waals surface area contributed by atoms with Crippen LogP contribution in [0, 0.1) is 0 Å². The summed E-state index contributed by atoms with van der Waals surface area (Å²) in [7, 11) is 1.60. The van der Waals surface area contributed by atoms with Crippen molar-refractivity contribution >= 4 is 34.3 Å². The van der Waals surface area contributed by atoms with Crippen molar-refractivity contribution in [1.29, 1.82) is 0 Å². The van der Waals surface area contributed by atoms with Crippen molar-refractivity contribution in [1.82, 2.24) is 15.2 Å². The predicted molar refractivity (Wildman–Crippen MR) is 117 cm³/mol. The molecule has 1 atom stereocenters. The third kappa shape index (κ3) is 3.99. The summed E-state index contributed by atoms with van der Waals surface area (Å²) < 4.78 is 5.15. The van der Waals surface area contributed by atoms with Gasteiger partial charge in [0.05, 0.1) is 12.8 Å². The number of hydrogen-bond donors (Lipinski definition) is 2. The molecule has 2 heterocycles. The number of hydrogen-bond acceptors (Lipinski definition) is 6. The molecule has 4 amide bonds. The molecule has 4 rings (SSSR count). The topological polar surface area (TPSA) is 101 Å². The van der Waals surface area contributed by atoms with Crippen LogP contribution in [-0.2, 0) is 15.1 Å². The zero-order chi connectivity index (χ0) is 22.0. The smallest absolute Gasteiger partial charge is 0.325 e. The molecule has 0 bridgehead atoms. The highest BCUT2D eigenvalue weighted by atomic mass is 32.1. The van der Waals surface area contributed by atoms with Crippen LogP contribution >= 0.6 is 11.3 Å². The molecule has 1 aromatic heterocycles. The minimum atomic E-state index is -1.21. The van der Waals surface area contributed by atoms with Crippen LogP contribution in [0.15, 0.2) is 60.0 Å². The second-order valence-electron chi connectivity index (χ2n) is 7.13. The molecule has 158 valence electrons. The summed E-state index contributed by atoms with van der Waals surface area (Å²) in [6.45, 7) is 1.23.